The van der Waals surface area contributed by atoms with Gasteiger partial charge in [-0.15, -0.1) is 0 Å². The Bertz CT molecular complexity index is 1260. The Kier molecular flexibility index (Phi) is 8.66. The molecule has 0 spiro atoms. The first-order valence-electron chi connectivity index (χ1n) is 13.6. The van der Waals surface area contributed by atoms with E-state index in [-0.39, 0.29) is 19.8 Å². The maximum Gasteiger partial charge on any atom is 0.324 e. The molecule has 0 amide bonds. The third-order valence-corrected chi connectivity index (χ3v) is 7.40. The van der Waals surface area contributed by atoms with E-state index in [2.05, 4.69) is 0 Å². The molecular weight excluding hydrogens is 528 g/mol. The summed E-state index contributed by atoms with van der Waals surface area (Å²) in [5.74, 6) is -1.79. The molecule has 2 atom stereocenters. The van der Waals surface area contributed by atoms with Gasteiger partial charge in [0, 0.05) is 6.07 Å². The lowest BCUT2D eigenvalue weighted by atomic mass is 9.79. The molecule has 2 aliphatic heterocycles. The SMILES string of the molecule is COc1cc(C=Cc2ccc(C3OC(C)(C)OCC3(C)C(=O)OC(=O)C3(C)COC(C)(C)OC3)cc2)cc(OC)c1. The quantitative estimate of drug-likeness (QED) is 0.241. The first-order valence-corrected chi connectivity index (χ1v) is 13.6. The van der Waals surface area contributed by atoms with Crippen LogP contribution in [0.1, 0.15) is 64.3 Å². The van der Waals surface area contributed by atoms with Crippen molar-refractivity contribution in [3.63, 3.8) is 0 Å². The molecule has 0 radical (unpaired) electrons. The van der Waals surface area contributed by atoms with Gasteiger partial charge in [-0.3, -0.25) is 9.59 Å². The molecule has 2 fully saturated rings. The second-order valence-corrected chi connectivity index (χ2v) is 12.0. The van der Waals surface area contributed by atoms with Crippen molar-refractivity contribution in [2.75, 3.05) is 34.0 Å². The van der Waals surface area contributed by atoms with Crippen LogP contribution in [0.25, 0.3) is 12.2 Å². The first-order chi connectivity index (χ1) is 19.2. The average Bonchev–Trinajstić information content (AvgIpc) is 2.95. The van der Waals surface area contributed by atoms with Crippen LogP contribution in [0, 0.1) is 10.8 Å². The number of carbonyl (C=O) groups is 2. The van der Waals surface area contributed by atoms with E-state index < -0.39 is 40.4 Å². The van der Waals surface area contributed by atoms with Gasteiger partial charge in [-0.1, -0.05) is 36.4 Å². The van der Waals surface area contributed by atoms with E-state index in [1.165, 1.54) is 0 Å². The zero-order chi connectivity index (χ0) is 30.1. The highest BCUT2D eigenvalue weighted by molar-refractivity contribution is 5.92. The lowest BCUT2D eigenvalue weighted by Crippen LogP contribution is -2.54. The fourth-order valence-corrected chi connectivity index (χ4v) is 4.54. The van der Waals surface area contributed by atoms with Crippen LogP contribution < -0.4 is 9.47 Å². The summed E-state index contributed by atoms with van der Waals surface area (Å²) in [7, 11) is 3.22. The van der Waals surface area contributed by atoms with E-state index in [0.717, 1.165) is 16.7 Å². The van der Waals surface area contributed by atoms with Crippen LogP contribution in [-0.4, -0.2) is 57.6 Å². The summed E-state index contributed by atoms with van der Waals surface area (Å²) in [6.45, 7) is 10.6. The number of benzene rings is 2. The van der Waals surface area contributed by atoms with Crippen LogP contribution in [0.2, 0.25) is 0 Å². The van der Waals surface area contributed by atoms with Gasteiger partial charge in [0.15, 0.2) is 11.6 Å². The van der Waals surface area contributed by atoms with E-state index in [0.29, 0.717) is 11.5 Å². The fraction of sp³-hybridized carbons (Fsp3) is 0.500. The highest BCUT2D eigenvalue weighted by atomic mass is 16.7. The largest absolute Gasteiger partial charge is 0.497 e. The standard InChI is InChI=1S/C32H40O9/c1-29(2)37-18-31(5,19-38-29)27(33)40-28(34)32(6)20-39-30(3,4)41-26(32)23-13-11-21(12-14-23)9-10-22-15-24(35-7)17-25(16-22)36-8/h9-17,26H,18-20H2,1-8H3. The number of methoxy groups -OCH3 is 2. The minimum Gasteiger partial charge on any atom is -0.497 e. The monoisotopic (exact) mass is 568 g/mol. The second-order valence-electron chi connectivity index (χ2n) is 12.0. The van der Waals surface area contributed by atoms with Gasteiger partial charge in [0.1, 0.15) is 28.4 Å². The molecule has 2 aromatic carbocycles. The van der Waals surface area contributed by atoms with Crippen molar-refractivity contribution in [1.29, 1.82) is 0 Å². The summed E-state index contributed by atoms with van der Waals surface area (Å²) >= 11 is 0. The maximum absolute atomic E-state index is 13.6. The van der Waals surface area contributed by atoms with Crippen LogP contribution in [0.3, 0.4) is 0 Å². The van der Waals surface area contributed by atoms with E-state index in [4.69, 9.17) is 33.2 Å². The molecule has 2 saturated heterocycles. The number of carbonyl (C=O) groups excluding carboxylic acids is 2. The van der Waals surface area contributed by atoms with Gasteiger partial charge in [0.2, 0.25) is 0 Å². The smallest absolute Gasteiger partial charge is 0.324 e. The number of esters is 2. The van der Waals surface area contributed by atoms with Crippen molar-refractivity contribution in [2.24, 2.45) is 10.8 Å². The lowest BCUT2D eigenvalue weighted by Gasteiger charge is -2.46. The third kappa shape index (κ3) is 6.98. The van der Waals surface area contributed by atoms with Crippen LogP contribution in [0.15, 0.2) is 42.5 Å². The molecule has 222 valence electrons. The molecule has 0 N–H and O–H groups in total. The zero-order valence-electron chi connectivity index (χ0n) is 25.1. The second kappa shape index (κ2) is 11.6. The summed E-state index contributed by atoms with van der Waals surface area (Å²) in [4.78, 5) is 26.7. The molecule has 9 heteroatoms. The summed E-state index contributed by atoms with van der Waals surface area (Å²) in [6.07, 6.45) is 3.20. The highest BCUT2D eigenvalue weighted by Gasteiger charge is 2.54. The molecule has 2 aromatic rings. The molecule has 2 heterocycles. The molecule has 2 aliphatic rings. The minimum atomic E-state index is -1.29. The Balaban J connectivity index is 1.53. The van der Waals surface area contributed by atoms with Crippen LogP contribution in [-0.2, 0) is 33.3 Å². The van der Waals surface area contributed by atoms with Crippen molar-refractivity contribution >= 4 is 24.1 Å². The average molecular weight is 569 g/mol. The van der Waals surface area contributed by atoms with E-state index in [9.17, 15) is 9.59 Å². The maximum atomic E-state index is 13.6. The Labute approximate surface area is 241 Å². The predicted octanol–water partition coefficient (Wildman–Crippen LogP) is 5.56. The van der Waals surface area contributed by atoms with Crippen molar-refractivity contribution < 1.29 is 42.7 Å². The summed E-state index contributed by atoms with van der Waals surface area (Å²) < 4.78 is 39.6. The normalized spacial score (nSPS) is 24.9. The lowest BCUT2D eigenvalue weighted by molar-refractivity contribution is -0.315. The van der Waals surface area contributed by atoms with Gasteiger partial charge in [-0.25, -0.2) is 0 Å². The Morgan fingerprint density at radius 2 is 1.27 bits per heavy atom. The van der Waals surface area contributed by atoms with Crippen LogP contribution in [0.5, 0.6) is 11.5 Å². The summed E-state index contributed by atoms with van der Waals surface area (Å²) in [5, 5.41) is 0. The molecule has 2 unspecified atom stereocenters. The molecule has 0 aromatic heterocycles. The molecular formula is C32H40O9. The van der Waals surface area contributed by atoms with Gasteiger partial charge >= 0.3 is 11.9 Å². The van der Waals surface area contributed by atoms with E-state index in [1.807, 2.05) is 54.6 Å². The molecule has 4 rings (SSSR count). The topological polar surface area (TPSA) is 98.8 Å². The number of ether oxygens (including phenoxy) is 7. The van der Waals surface area contributed by atoms with Gasteiger partial charge in [-0.05, 0) is 70.4 Å². The highest BCUT2D eigenvalue weighted by Crippen LogP contribution is 2.46. The van der Waals surface area contributed by atoms with E-state index >= 15 is 0 Å². The van der Waals surface area contributed by atoms with Crippen molar-refractivity contribution in [3.8, 4) is 11.5 Å². The van der Waals surface area contributed by atoms with Crippen molar-refractivity contribution in [3.05, 3.63) is 59.2 Å². The molecule has 9 nitrogen and oxygen atoms in total. The molecule has 0 bridgehead atoms. The minimum absolute atomic E-state index is 0.00680. The third-order valence-electron chi connectivity index (χ3n) is 7.40. The zero-order valence-corrected chi connectivity index (χ0v) is 25.1. The van der Waals surface area contributed by atoms with Crippen LogP contribution >= 0.6 is 0 Å². The van der Waals surface area contributed by atoms with Gasteiger partial charge in [0.05, 0.1) is 34.0 Å². The molecule has 41 heavy (non-hydrogen) atoms. The molecule has 0 aliphatic carbocycles. The number of hydrogen-bond acceptors (Lipinski definition) is 9. The summed E-state index contributed by atoms with van der Waals surface area (Å²) in [5.41, 5.74) is 0.213. The van der Waals surface area contributed by atoms with Crippen LogP contribution in [0.4, 0.5) is 0 Å². The van der Waals surface area contributed by atoms with Crippen molar-refractivity contribution in [1.82, 2.24) is 0 Å². The molecule has 0 saturated carbocycles. The summed E-state index contributed by atoms with van der Waals surface area (Å²) in [6, 6.07) is 13.3. The van der Waals surface area contributed by atoms with E-state index in [1.54, 1.807) is 55.8 Å². The predicted molar refractivity (Wildman–Crippen MR) is 152 cm³/mol. The number of hydrogen-bond donors (Lipinski definition) is 0. The van der Waals surface area contributed by atoms with Gasteiger partial charge < -0.3 is 33.2 Å². The Hall–Kier alpha value is -3.24. The fourth-order valence-electron chi connectivity index (χ4n) is 4.54. The number of rotatable bonds is 7. The Morgan fingerprint density at radius 3 is 1.83 bits per heavy atom. The first kappa shape index (κ1) is 30.7. The van der Waals surface area contributed by atoms with Gasteiger partial charge in [0.25, 0.3) is 0 Å². The van der Waals surface area contributed by atoms with Gasteiger partial charge in [-0.2, -0.15) is 0 Å². The Morgan fingerprint density at radius 1 is 0.732 bits per heavy atom. The van der Waals surface area contributed by atoms with Crippen molar-refractivity contribution in [2.45, 2.75) is 59.2 Å².